The summed E-state index contributed by atoms with van der Waals surface area (Å²) in [5, 5.41) is 5.55. The number of halogens is 2. The molecular formula is C10H6F2N2O2. The van der Waals surface area contributed by atoms with Gasteiger partial charge in [0.25, 0.3) is 5.56 Å². The van der Waals surface area contributed by atoms with E-state index in [1.807, 2.05) is 0 Å². The predicted molar refractivity (Wildman–Crippen MR) is 51.3 cm³/mol. The van der Waals surface area contributed by atoms with Gasteiger partial charge in [-0.05, 0) is 12.1 Å². The molecule has 82 valence electrons. The Morgan fingerprint density at radius 1 is 1.12 bits per heavy atom. The van der Waals surface area contributed by atoms with E-state index in [2.05, 4.69) is 10.2 Å². The maximum atomic E-state index is 13.2. The third-order valence-corrected chi connectivity index (χ3v) is 1.78. The maximum absolute atomic E-state index is 13.2. The SMILES string of the molecule is O=c1ccc(Oc2c(F)cccc2F)n[nH]1. The van der Waals surface area contributed by atoms with Crippen molar-refractivity contribution in [2.45, 2.75) is 0 Å². The van der Waals surface area contributed by atoms with Gasteiger partial charge in [-0.15, -0.1) is 5.10 Å². The molecule has 0 aliphatic rings. The minimum absolute atomic E-state index is 0.0939. The van der Waals surface area contributed by atoms with Gasteiger partial charge in [0.05, 0.1) is 0 Å². The summed E-state index contributed by atoms with van der Waals surface area (Å²) in [6, 6.07) is 5.69. The lowest BCUT2D eigenvalue weighted by molar-refractivity contribution is 0.391. The molecule has 0 aliphatic heterocycles. The summed E-state index contributed by atoms with van der Waals surface area (Å²) in [5.41, 5.74) is -0.429. The zero-order valence-corrected chi connectivity index (χ0v) is 7.91. The van der Waals surface area contributed by atoms with Gasteiger partial charge in [0.1, 0.15) is 0 Å². The lowest BCUT2D eigenvalue weighted by Gasteiger charge is -2.05. The van der Waals surface area contributed by atoms with E-state index in [0.717, 1.165) is 18.2 Å². The van der Waals surface area contributed by atoms with Crippen LogP contribution in [0.4, 0.5) is 8.78 Å². The van der Waals surface area contributed by atoms with E-state index in [1.54, 1.807) is 0 Å². The second-order valence-electron chi connectivity index (χ2n) is 2.91. The van der Waals surface area contributed by atoms with Crippen LogP contribution in [0.2, 0.25) is 0 Å². The van der Waals surface area contributed by atoms with E-state index in [0.29, 0.717) is 0 Å². The largest absolute Gasteiger partial charge is 0.431 e. The Morgan fingerprint density at radius 3 is 2.38 bits per heavy atom. The molecule has 0 radical (unpaired) electrons. The molecule has 1 aromatic carbocycles. The fourth-order valence-corrected chi connectivity index (χ4v) is 1.07. The van der Waals surface area contributed by atoms with Crippen LogP contribution in [-0.4, -0.2) is 10.2 Å². The van der Waals surface area contributed by atoms with Gasteiger partial charge in [-0.25, -0.2) is 13.9 Å². The van der Waals surface area contributed by atoms with Crippen LogP contribution in [0.1, 0.15) is 0 Å². The molecule has 0 aliphatic carbocycles. The fraction of sp³-hybridized carbons (Fsp3) is 0. The highest BCUT2D eigenvalue weighted by molar-refractivity contribution is 5.29. The normalized spacial score (nSPS) is 10.1. The minimum atomic E-state index is -0.840. The molecule has 6 heteroatoms. The molecule has 2 aromatic rings. The Hall–Kier alpha value is -2.24. The van der Waals surface area contributed by atoms with Gasteiger partial charge >= 0.3 is 0 Å². The summed E-state index contributed by atoms with van der Waals surface area (Å²) in [6.07, 6.45) is 0. The van der Waals surface area contributed by atoms with Crippen molar-refractivity contribution >= 4 is 0 Å². The summed E-state index contributed by atoms with van der Waals surface area (Å²) in [7, 11) is 0. The van der Waals surface area contributed by atoms with Crippen molar-refractivity contribution in [2.24, 2.45) is 0 Å². The summed E-state index contributed by atoms with van der Waals surface area (Å²) < 4.78 is 31.2. The second kappa shape index (κ2) is 4.09. The Bertz CT molecular complexity index is 528. The van der Waals surface area contributed by atoms with E-state index >= 15 is 0 Å². The van der Waals surface area contributed by atoms with Crippen molar-refractivity contribution in [3.63, 3.8) is 0 Å². The Balaban J connectivity index is 2.34. The topological polar surface area (TPSA) is 55.0 Å². The van der Waals surface area contributed by atoms with Crippen LogP contribution < -0.4 is 10.3 Å². The number of ether oxygens (including phenoxy) is 1. The van der Waals surface area contributed by atoms with E-state index in [1.165, 1.54) is 12.1 Å². The van der Waals surface area contributed by atoms with Gasteiger partial charge in [0, 0.05) is 12.1 Å². The highest BCUT2D eigenvalue weighted by atomic mass is 19.1. The van der Waals surface area contributed by atoms with Crippen molar-refractivity contribution in [3.05, 3.63) is 52.3 Å². The third-order valence-electron chi connectivity index (χ3n) is 1.78. The molecular weight excluding hydrogens is 218 g/mol. The molecule has 1 heterocycles. The number of benzene rings is 1. The molecule has 0 atom stereocenters. The summed E-state index contributed by atoms with van der Waals surface area (Å²) >= 11 is 0. The number of aromatic nitrogens is 2. The van der Waals surface area contributed by atoms with E-state index in [4.69, 9.17) is 4.74 Å². The molecule has 0 saturated heterocycles. The van der Waals surface area contributed by atoms with Crippen molar-refractivity contribution < 1.29 is 13.5 Å². The zero-order chi connectivity index (χ0) is 11.5. The number of aromatic amines is 1. The standard InChI is InChI=1S/C10H6F2N2O2/c11-6-2-1-3-7(12)10(6)16-9-5-4-8(15)13-14-9/h1-5H,(H,13,15). The van der Waals surface area contributed by atoms with Crippen LogP contribution in [0.25, 0.3) is 0 Å². The van der Waals surface area contributed by atoms with Gasteiger partial charge < -0.3 is 4.74 Å². The van der Waals surface area contributed by atoms with Crippen molar-refractivity contribution in [2.75, 3.05) is 0 Å². The van der Waals surface area contributed by atoms with Gasteiger partial charge in [0.2, 0.25) is 11.6 Å². The molecule has 0 bridgehead atoms. The van der Waals surface area contributed by atoms with Crippen molar-refractivity contribution in [1.82, 2.24) is 10.2 Å². The lowest BCUT2D eigenvalue weighted by Crippen LogP contribution is -2.06. The first-order valence-corrected chi connectivity index (χ1v) is 4.34. The predicted octanol–water partition coefficient (Wildman–Crippen LogP) is 1.84. The molecule has 0 fully saturated rings. The first kappa shape index (κ1) is 10.3. The Morgan fingerprint density at radius 2 is 1.81 bits per heavy atom. The molecule has 0 saturated carbocycles. The van der Waals surface area contributed by atoms with Crippen LogP contribution in [-0.2, 0) is 0 Å². The second-order valence-corrected chi connectivity index (χ2v) is 2.91. The average Bonchev–Trinajstić information content (AvgIpc) is 2.26. The fourth-order valence-electron chi connectivity index (χ4n) is 1.07. The number of nitrogens with zero attached hydrogens (tertiary/aromatic N) is 1. The van der Waals surface area contributed by atoms with Crippen LogP contribution in [0, 0.1) is 11.6 Å². The van der Waals surface area contributed by atoms with Crippen LogP contribution in [0.5, 0.6) is 11.6 Å². The first-order valence-electron chi connectivity index (χ1n) is 4.34. The molecule has 16 heavy (non-hydrogen) atoms. The average molecular weight is 224 g/mol. The highest BCUT2D eigenvalue weighted by Crippen LogP contribution is 2.25. The monoisotopic (exact) mass is 224 g/mol. The van der Waals surface area contributed by atoms with Crippen LogP contribution >= 0.6 is 0 Å². The van der Waals surface area contributed by atoms with E-state index in [-0.39, 0.29) is 5.88 Å². The van der Waals surface area contributed by atoms with Crippen LogP contribution in [0.15, 0.2) is 35.1 Å². The number of H-pyrrole nitrogens is 1. The number of para-hydroxylation sites is 1. The third kappa shape index (κ3) is 2.05. The minimum Gasteiger partial charge on any atom is -0.431 e. The van der Waals surface area contributed by atoms with Crippen molar-refractivity contribution in [1.29, 1.82) is 0 Å². The maximum Gasteiger partial charge on any atom is 0.264 e. The molecule has 0 unspecified atom stereocenters. The highest BCUT2D eigenvalue weighted by Gasteiger charge is 2.11. The molecule has 4 nitrogen and oxygen atoms in total. The lowest BCUT2D eigenvalue weighted by atomic mass is 10.3. The zero-order valence-electron chi connectivity index (χ0n) is 7.91. The van der Waals surface area contributed by atoms with Gasteiger partial charge in [-0.2, -0.15) is 0 Å². The smallest absolute Gasteiger partial charge is 0.264 e. The number of rotatable bonds is 2. The van der Waals surface area contributed by atoms with Gasteiger partial charge in [-0.3, -0.25) is 4.79 Å². The summed E-state index contributed by atoms with van der Waals surface area (Å²) in [6.45, 7) is 0. The van der Waals surface area contributed by atoms with E-state index in [9.17, 15) is 13.6 Å². The number of hydrogen-bond donors (Lipinski definition) is 1. The summed E-state index contributed by atoms with van der Waals surface area (Å²) in [4.78, 5) is 10.7. The number of nitrogens with one attached hydrogen (secondary N) is 1. The molecule has 1 aromatic heterocycles. The quantitative estimate of drug-likeness (QED) is 0.846. The molecule has 0 spiro atoms. The summed E-state index contributed by atoms with van der Waals surface area (Å²) in [5.74, 6) is -2.33. The Labute approximate surface area is 88.5 Å². The molecule has 1 N–H and O–H groups in total. The van der Waals surface area contributed by atoms with Crippen molar-refractivity contribution in [3.8, 4) is 11.6 Å². The molecule has 2 rings (SSSR count). The first-order chi connectivity index (χ1) is 7.66. The van der Waals surface area contributed by atoms with E-state index < -0.39 is 22.9 Å². The van der Waals surface area contributed by atoms with Crippen LogP contribution in [0.3, 0.4) is 0 Å². The van der Waals surface area contributed by atoms with Gasteiger partial charge in [0.15, 0.2) is 11.6 Å². The molecule has 0 amide bonds. The number of hydrogen-bond acceptors (Lipinski definition) is 3. The Kier molecular flexibility index (Phi) is 2.63. The van der Waals surface area contributed by atoms with Gasteiger partial charge in [-0.1, -0.05) is 6.07 Å².